The first-order chi connectivity index (χ1) is 11.0. The summed E-state index contributed by atoms with van der Waals surface area (Å²) in [6, 6.07) is 2.96. The van der Waals surface area contributed by atoms with Crippen LogP contribution in [0.2, 0.25) is 0 Å². The first-order valence-corrected chi connectivity index (χ1v) is 8.58. The molecule has 8 heteroatoms. The fraction of sp³-hybridized carbons (Fsp3) is 0.438. The lowest BCUT2D eigenvalue weighted by molar-refractivity contribution is -0.134. The van der Waals surface area contributed by atoms with E-state index < -0.39 is 21.5 Å². The van der Waals surface area contributed by atoms with Gasteiger partial charge in [0.05, 0.1) is 21.3 Å². The molecule has 7 nitrogen and oxygen atoms in total. The third-order valence-corrected chi connectivity index (χ3v) is 4.57. The molecule has 134 valence electrons. The summed E-state index contributed by atoms with van der Waals surface area (Å²) in [4.78, 5) is 11.2. The van der Waals surface area contributed by atoms with Crippen molar-refractivity contribution in [2.75, 3.05) is 21.3 Å². The van der Waals surface area contributed by atoms with E-state index in [2.05, 4.69) is 9.46 Å². The van der Waals surface area contributed by atoms with E-state index >= 15 is 0 Å². The Bertz CT molecular complexity index is 732. The van der Waals surface area contributed by atoms with Crippen molar-refractivity contribution < 1.29 is 27.4 Å². The first kappa shape index (κ1) is 20.0. The Morgan fingerprint density at radius 1 is 1.12 bits per heavy atom. The van der Waals surface area contributed by atoms with Gasteiger partial charge in [-0.3, -0.25) is 0 Å². The normalized spacial score (nSPS) is 12.2. The molecule has 1 aromatic carbocycles. The minimum Gasteiger partial charge on any atom is -0.493 e. The maximum Gasteiger partial charge on any atom is 0.330 e. The zero-order valence-electron chi connectivity index (χ0n) is 14.7. The van der Waals surface area contributed by atoms with Crippen molar-refractivity contribution >= 4 is 22.1 Å². The van der Waals surface area contributed by atoms with E-state index in [9.17, 15) is 13.2 Å². The van der Waals surface area contributed by atoms with Gasteiger partial charge in [-0.05, 0) is 44.5 Å². The molecule has 0 fully saturated rings. The van der Waals surface area contributed by atoms with Crippen LogP contribution in [0.25, 0.3) is 6.08 Å². The molecule has 0 aromatic heterocycles. The zero-order valence-corrected chi connectivity index (χ0v) is 15.5. The number of sulfonamides is 1. The number of benzene rings is 1. The summed E-state index contributed by atoms with van der Waals surface area (Å²) in [5.74, 6) is -0.231. The van der Waals surface area contributed by atoms with Crippen molar-refractivity contribution in [3.8, 4) is 11.5 Å². The molecule has 0 radical (unpaired) electrons. The Balaban J connectivity index is 3.51. The van der Waals surface area contributed by atoms with Gasteiger partial charge in [0.15, 0.2) is 11.5 Å². The number of hydrogen-bond acceptors (Lipinski definition) is 6. The van der Waals surface area contributed by atoms with Crippen molar-refractivity contribution in [3.63, 3.8) is 0 Å². The second-order valence-corrected chi connectivity index (χ2v) is 7.62. The van der Waals surface area contributed by atoms with Crippen LogP contribution in [-0.4, -0.2) is 41.3 Å². The highest BCUT2D eigenvalue weighted by Crippen LogP contribution is 2.36. The summed E-state index contributed by atoms with van der Waals surface area (Å²) in [6.45, 7) is 5.19. The molecule has 0 saturated heterocycles. The molecule has 0 unspecified atom stereocenters. The van der Waals surface area contributed by atoms with Crippen LogP contribution in [0.3, 0.4) is 0 Å². The number of nitrogens with one attached hydrogen (secondary N) is 1. The second kappa shape index (κ2) is 7.67. The van der Waals surface area contributed by atoms with Gasteiger partial charge in [-0.1, -0.05) is 0 Å². The van der Waals surface area contributed by atoms with E-state index in [0.29, 0.717) is 5.56 Å². The summed E-state index contributed by atoms with van der Waals surface area (Å²) < 4.78 is 42.9. The highest BCUT2D eigenvalue weighted by atomic mass is 32.2. The van der Waals surface area contributed by atoms with Gasteiger partial charge in [0.2, 0.25) is 10.0 Å². The highest BCUT2D eigenvalue weighted by molar-refractivity contribution is 7.89. The predicted molar refractivity (Wildman–Crippen MR) is 90.7 cm³/mol. The molecule has 0 aliphatic heterocycles. The Labute approximate surface area is 142 Å². The lowest BCUT2D eigenvalue weighted by Gasteiger charge is -2.22. The minimum absolute atomic E-state index is 0.0798. The van der Waals surface area contributed by atoms with Crippen LogP contribution in [0.15, 0.2) is 23.1 Å². The molecule has 0 saturated carbocycles. The van der Waals surface area contributed by atoms with Gasteiger partial charge < -0.3 is 14.2 Å². The van der Waals surface area contributed by atoms with Crippen LogP contribution < -0.4 is 14.2 Å². The molecule has 1 aromatic rings. The van der Waals surface area contributed by atoms with Gasteiger partial charge in [-0.2, -0.15) is 0 Å². The summed E-state index contributed by atoms with van der Waals surface area (Å²) in [6.07, 6.45) is 2.62. The number of ether oxygens (including phenoxy) is 3. The summed E-state index contributed by atoms with van der Waals surface area (Å²) in [5, 5.41) is 0. The Kier molecular flexibility index (Phi) is 6.39. The average Bonchev–Trinajstić information content (AvgIpc) is 2.48. The molecular formula is C16H23NO6S. The van der Waals surface area contributed by atoms with Crippen molar-refractivity contribution in [3.05, 3.63) is 23.8 Å². The van der Waals surface area contributed by atoms with Gasteiger partial charge in [-0.15, -0.1) is 0 Å². The zero-order chi connectivity index (χ0) is 18.5. The SMILES string of the molecule is COC(=O)C=Cc1cc(OC)c(OC)c(S(=O)(=O)NC(C)(C)C)c1. The van der Waals surface area contributed by atoms with E-state index in [-0.39, 0.29) is 16.4 Å². The van der Waals surface area contributed by atoms with Crippen LogP contribution in [-0.2, 0) is 19.6 Å². The average molecular weight is 357 g/mol. The molecule has 0 atom stereocenters. The molecular weight excluding hydrogens is 334 g/mol. The van der Waals surface area contributed by atoms with Crippen molar-refractivity contribution in [1.82, 2.24) is 4.72 Å². The second-order valence-electron chi connectivity index (χ2n) is 5.97. The number of esters is 1. The molecule has 0 bridgehead atoms. The molecule has 24 heavy (non-hydrogen) atoms. The fourth-order valence-electron chi connectivity index (χ4n) is 1.94. The molecule has 1 N–H and O–H groups in total. The number of rotatable bonds is 6. The molecule has 1 rings (SSSR count). The maximum absolute atomic E-state index is 12.7. The summed E-state index contributed by atoms with van der Waals surface area (Å²) in [5.41, 5.74) is -0.220. The molecule has 0 aliphatic rings. The summed E-state index contributed by atoms with van der Waals surface area (Å²) >= 11 is 0. The number of carbonyl (C=O) groups excluding carboxylic acids is 1. The number of methoxy groups -OCH3 is 3. The van der Waals surface area contributed by atoms with E-state index in [4.69, 9.17) is 9.47 Å². The lowest BCUT2D eigenvalue weighted by atomic mass is 10.1. The van der Waals surface area contributed by atoms with E-state index in [0.717, 1.165) is 0 Å². The van der Waals surface area contributed by atoms with Crippen molar-refractivity contribution in [2.45, 2.75) is 31.2 Å². The summed E-state index contributed by atoms with van der Waals surface area (Å²) in [7, 11) is 0.150. The number of carbonyl (C=O) groups is 1. The number of hydrogen-bond donors (Lipinski definition) is 1. The van der Waals surface area contributed by atoms with Crippen molar-refractivity contribution in [2.24, 2.45) is 0 Å². The topological polar surface area (TPSA) is 90.9 Å². The largest absolute Gasteiger partial charge is 0.493 e. The lowest BCUT2D eigenvalue weighted by Crippen LogP contribution is -2.40. The first-order valence-electron chi connectivity index (χ1n) is 7.10. The fourth-order valence-corrected chi connectivity index (χ4v) is 3.57. The van der Waals surface area contributed by atoms with Crippen LogP contribution in [0, 0.1) is 0 Å². The third-order valence-electron chi connectivity index (χ3n) is 2.81. The third kappa shape index (κ3) is 5.24. The molecule has 0 aliphatic carbocycles. The van der Waals surface area contributed by atoms with Gasteiger partial charge >= 0.3 is 5.97 Å². The smallest absolute Gasteiger partial charge is 0.330 e. The molecule has 0 spiro atoms. The van der Waals surface area contributed by atoms with E-state index in [1.165, 1.54) is 39.5 Å². The monoisotopic (exact) mass is 357 g/mol. The van der Waals surface area contributed by atoms with Crippen LogP contribution in [0.1, 0.15) is 26.3 Å². The Morgan fingerprint density at radius 2 is 1.75 bits per heavy atom. The Morgan fingerprint density at radius 3 is 2.21 bits per heavy atom. The van der Waals surface area contributed by atoms with Crippen LogP contribution in [0.4, 0.5) is 0 Å². The van der Waals surface area contributed by atoms with Gasteiger partial charge in [0.1, 0.15) is 4.90 Å². The van der Waals surface area contributed by atoms with Crippen molar-refractivity contribution in [1.29, 1.82) is 0 Å². The van der Waals surface area contributed by atoms with E-state index in [1.54, 1.807) is 26.8 Å². The molecule has 0 amide bonds. The maximum atomic E-state index is 12.7. The van der Waals surface area contributed by atoms with Gasteiger partial charge in [-0.25, -0.2) is 17.9 Å². The highest BCUT2D eigenvalue weighted by Gasteiger charge is 2.27. The molecule has 0 heterocycles. The minimum atomic E-state index is -3.87. The Hall–Kier alpha value is -2.06. The predicted octanol–water partition coefficient (Wildman–Crippen LogP) is 1.97. The quantitative estimate of drug-likeness (QED) is 0.618. The van der Waals surface area contributed by atoms with E-state index in [1.807, 2.05) is 0 Å². The van der Waals surface area contributed by atoms with Gasteiger partial charge in [0.25, 0.3) is 0 Å². The van der Waals surface area contributed by atoms with Gasteiger partial charge in [0, 0.05) is 11.6 Å². The standard InChI is InChI=1S/C16H23NO6S/c1-16(2,3)17-24(19,20)13-10-11(7-8-14(18)22-5)9-12(21-4)15(13)23-6/h7-10,17H,1-6H3. The van der Waals surface area contributed by atoms with Crippen LogP contribution in [0.5, 0.6) is 11.5 Å². The van der Waals surface area contributed by atoms with Crippen LogP contribution >= 0.6 is 0 Å².